The fourth-order valence-electron chi connectivity index (χ4n) is 2.14. The maximum absolute atomic E-state index is 9.61. The topological polar surface area (TPSA) is 38.0 Å². The molecular weight excluding hydrogens is 346 g/mol. The van der Waals surface area contributed by atoms with Crippen molar-refractivity contribution in [1.82, 2.24) is 9.78 Å². The summed E-state index contributed by atoms with van der Waals surface area (Å²) in [6, 6.07) is 0. The van der Waals surface area contributed by atoms with E-state index in [2.05, 4.69) is 30.6 Å². The molecule has 0 saturated carbocycles. The summed E-state index contributed by atoms with van der Waals surface area (Å²) in [6.07, 6.45) is 1.12. The summed E-state index contributed by atoms with van der Waals surface area (Å²) in [6.45, 7) is 7.58. The molecule has 1 aliphatic heterocycles. The molecule has 1 N–H and O–H groups in total. The van der Waals surface area contributed by atoms with E-state index in [4.69, 9.17) is 0 Å². The van der Waals surface area contributed by atoms with Crippen LogP contribution in [0.15, 0.2) is 0 Å². The Morgan fingerprint density at radius 2 is 2.00 bits per heavy atom. The Morgan fingerprint density at radius 3 is 2.59 bits per heavy atom. The van der Waals surface area contributed by atoms with Crippen LogP contribution >= 0.6 is 0 Å². The quantitative estimate of drug-likeness (QED) is 0.824. The van der Waals surface area contributed by atoms with Crippen LogP contribution in [-0.2, 0) is 6.54 Å². The predicted octanol–water partition coefficient (Wildman–Crippen LogP) is 1.53. The first kappa shape index (κ1) is 13.6. The first-order chi connectivity index (χ1) is 8.13. The summed E-state index contributed by atoms with van der Waals surface area (Å²) in [5, 5.41) is 16.3. The molecule has 0 unspecified atom stereocenters. The molecule has 0 bridgehead atoms. The van der Waals surface area contributed by atoms with E-state index in [-0.39, 0.29) is 6.10 Å². The third-order valence-corrected chi connectivity index (χ3v) is 10.6. The van der Waals surface area contributed by atoms with Crippen molar-refractivity contribution in [3.05, 3.63) is 17.0 Å². The Hall–Kier alpha value is 0.209. The van der Waals surface area contributed by atoms with E-state index < -0.39 is 0 Å². The predicted molar refractivity (Wildman–Crippen MR) is 71.9 cm³/mol. The van der Waals surface area contributed by atoms with Crippen molar-refractivity contribution in [2.24, 2.45) is 0 Å². The number of aliphatic hydroxyl groups excluding tert-OH is 1. The van der Waals surface area contributed by atoms with Crippen LogP contribution < -0.4 is 0 Å². The molecule has 17 heavy (non-hydrogen) atoms. The molecule has 2 heterocycles. The average Bonchev–Trinajstić information content (AvgIpc) is 2.57. The van der Waals surface area contributed by atoms with Crippen LogP contribution in [0.25, 0.3) is 0 Å². The number of aliphatic hydroxyl groups is 1. The van der Waals surface area contributed by atoms with E-state index >= 15 is 0 Å². The molecule has 1 aromatic heterocycles. The van der Waals surface area contributed by atoms with Gasteiger partial charge in [-0.3, -0.25) is 0 Å². The van der Waals surface area contributed by atoms with Gasteiger partial charge < -0.3 is 0 Å². The molecular formula is C12H20N2OSe2. The van der Waals surface area contributed by atoms with E-state index in [1.165, 1.54) is 17.0 Å². The van der Waals surface area contributed by atoms with Crippen molar-refractivity contribution in [3.8, 4) is 0 Å². The molecule has 0 aromatic carbocycles. The summed E-state index contributed by atoms with van der Waals surface area (Å²) in [7, 11) is 0. The summed E-state index contributed by atoms with van der Waals surface area (Å²) in [4.78, 5) is 0. The molecule has 0 spiro atoms. The maximum atomic E-state index is 9.61. The number of rotatable bonds is 3. The summed E-state index contributed by atoms with van der Waals surface area (Å²) < 4.78 is 2.91. The third kappa shape index (κ3) is 2.97. The van der Waals surface area contributed by atoms with Gasteiger partial charge in [-0.25, -0.2) is 0 Å². The molecule has 1 fully saturated rings. The second-order valence-electron chi connectivity index (χ2n) is 4.46. The molecule has 1 saturated heterocycles. The summed E-state index contributed by atoms with van der Waals surface area (Å²) in [5.74, 6) is 0. The Morgan fingerprint density at radius 1 is 1.35 bits per heavy atom. The fourth-order valence-corrected chi connectivity index (χ4v) is 10.2. The molecule has 2 rings (SSSR count). The van der Waals surface area contributed by atoms with Crippen LogP contribution in [0.4, 0.5) is 0 Å². The normalized spacial score (nSPS) is 25.2. The molecule has 96 valence electrons. The molecule has 5 heteroatoms. The zero-order chi connectivity index (χ0) is 12.4. The van der Waals surface area contributed by atoms with Crippen LogP contribution in [0.3, 0.4) is 0 Å². The van der Waals surface area contributed by atoms with E-state index in [0.29, 0.717) is 29.9 Å². The second-order valence-corrected chi connectivity index (χ2v) is 10.7. The van der Waals surface area contributed by atoms with Gasteiger partial charge in [0.2, 0.25) is 0 Å². The van der Waals surface area contributed by atoms with Crippen molar-refractivity contribution in [2.75, 3.05) is 0 Å². The van der Waals surface area contributed by atoms with E-state index in [1.54, 1.807) is 0 Å². The minimum atomic E-state index is -0.0162. The zero-order valence-electron chi connectivity index (χ0n) is 10.6. The molecule has 0 radical (unpaired) electrons. The molecule has 3 nitrogen and oxygen atoms in total. The standard InChI is InChI=1S/C12H20N2OSe2/c1-4-5-14-9(3)11(8(2)13-14)12-16-6-10(15)7-17-12/h10,12,15H,4-7H2,1-3H3. The first-order valence-corrected chi connectivity index (χ1v) is 10.5. The molecule has 1 aromatic rings. The van der Waals surface area contributed by atoms with Gasteiger partial charge in [-0.15, -0.1) is 0 Å². The Kier molecular flexibility index (Phi) is 4.73. The van der Waals surface area contributed by atoms with Crippen molar-refractivity contribution in [2.45, 2.75) is 54.2 Å². The van der Waals surface area contributed by atoms with Gasteiger partial charge in [0.1, 0.15) is 0 Å². The third-order valence-electron chi connectivity index (χ3n) is 2.99. The number of nitrogens with zero attached hydrogens (tertiary/aromatic N) is 2. The molecule has 0 aliphatic carbocycles. The van der Waals surface area contributed by atoms with E-state index in [0.717, 1.165) is 27.3 Å². The van der Waals surface area contributed by atoms with E-state index in [9.17, 15) is 5.11 Å². The number of aryl methyl sites for hydroxylation is 2. The summed E-state index contributed by atoms with van der Waals surface area (Å²) >= 11 is 1.13. The average molecular weight is 366 g/mol. The van der Waals surface area contributed by atoms with Gasteiger partial charge in [-0.2, -0.15) is 0 Å². The van der Waals surface area contributed by atoms with E-state index in [1.807, 2.05) is 0 Å². The monoisotopic (exact) mass is 368 g/mol. The van der Waals surface area contributed by atoms with Crippen LogP contribution in [-0.4, -0.2) is 50.9 Å². The fraction of sp³-hybridized carbons (Fsp3) is 0.750. The zero-order valence-corrected chi connectivity index (χ0v) is 14.1. The van der Waals surface area contributed by atoms with Gasteiger partial charge in [-0.1, -0.05) is 0 Å². The van der Waals surface area contributed by atoms with Gasteiger partial charge in [-0.05, 0) is 0 Å². The Labute approximate surface area is 116 Å². The number of hydrogen-bond acceptors (Lipinski definition) is 2. The second kappa shape index (κ2) is 5.90. The molecule has 1 aliphatic rings. The van der Waals surface area contributed by atoms with Gasteiger partial charge >= 0.3 is 116 Å². The van der Waals surface area contributed by atoms with Gasteiger partial charge in [0.05, 0.1) is 0 Å². The van der Waals surface area contributed by atoms with Crippen LogP contribution in [0.1, 0.15) is 34.0 Å². The Balaban J connectivity index is 2.20. The van der Waals surface area contributed by atoms with Crippen molar-refractivity contribution < 1.29 is 5.11 Å². The van der Waals surface area contributed by atoms with Crippen LogP contribution in [0.5, 0.6) is 0 Å². The Bertz CT molecular complexity index is 384. The van der Waals surface area contributed by atoms with Crippen LogP contribution in [0, 0.1) is 13.8 Å². The SMILES string of the molecule is CCCn1nc(C)c(C2[Se]CC(O)C[Se]2)c1C. The van der Waals surface area contributed by atoms with Crippen molar-refractivity contribution >= 4 is 29.9 Å². The van der Waals surface area contributed by atoms with Crippen LogP contribution in [0.2, 0.25) is 10.6 Å². The number of hydrogen-bond donors (Lipinski definition) is 1. The van der Waals surface area contributed by atoms with Gasteiger partial charge in [0, 0.05) is 0 Å². The molecule has 0 amide bonds. The first-order valence-electron chi connectivity index (χ1n) is 6.08. The molecule has 0 atom stereocenters. The van der Waals surface area contributed by atoms with Gasteiger partial charge in [0.15, 0.2) is 0 Å². The van der Waals surface area contributed by atoms with Crippen molar-refractivity contribution in [3.63, 3.8) is 0 Å². The minimum absolute atomic E-state index is 0.0162. The summed E-state index contributed by atoms with van der Waals surface area (Å²) in [5.41, 5.74) is 4.10. The van der Waals surface area contributed by atoms with Gasteiger partial charge in [0.25, 0.3) is 0 Å². The van der Waals surface area contributed by atoms with Crippen molar-refractivity contribution in [1.29, 1.82) is 0 Å². The number of aromatic nitrogens is 2.